The first-order valence-corrected chi connectivity index (χ1v) is 12.0. The number of hydrogen-bond acceptors (Lipinski definition) is 4. The van der Waals surface area contributed by atoms with Gasteiger partial charge in [0.1, 0.15) is 0 Å². The van der Waals surface area contributed by atoms with Crippen molar-refractivity contribution in [2.75, 3.05) is 53.1 Å². The minimum atomic E-state index is 0.315. The summed E-state index contributed by atoms with van der Waals surface area (Å²) in [5, 5.41) is 3.71. The Balaban J connectivity index is 1.39. The van der Waals surface area contributed by atoms with E-state index in [1.54, 1.807) is 0 Å². The van der Waals surface area contributed by atoms with E-state index >= 15 is 0 Å². The molecule has 6 nitrogen and oxygen atoms in total. The third-order valence-corrected chi connectivity index (χ3v) is 7.01. The van der Waals surface area contributed by atoms with Gasteiger partial charge in [0.05, 0.1) is 18.8 Å². The van der Waals surface area contributed by atoms with Crippen molar-refractivity contribution in [3.63, 3.8) is 0 Å². The summed E-state index contributed by atoms with van der Waals surface area (Å²) in [6, 6.07) is 0. The molecule has 1 atom stereocenters. The number of rotatable bonds is 9. The third-order valence-electron chi connectivity index (χ3n) is 7.01. The summed E-state index contributed by atoms with van der Waals surface area (Å²) in [6.45, 7) is 8.49. The normalized spacial score (nSPS) is 26.1. The van der Waals surface area contributed by atoms with Crippen molar-refractivity contribution >= 4 is 5.96 Å². The molecule has 0 spiro atoms. The van der Waals surface area contributed by atoms with Crippen LogP contribution in [-0.4, -0.2) is 76.2 Å². The van der Waals surface area contributed by atoms with Crippen molar-refractivity contribution in [1.82, 2.24) is 10.2 Å². The number of likely N-dealkylation sites (tertiary alicyclic amines) is 1. The predicted molar refractivity (Wildman–Crippen MR) is 118 cm³/mol. The summed E-state index contributed by atoms with van der Waals surface area (Å²) in [5.41, 5.74) is 0.381. The number of nitrogens with zero attached hydrogens (tertiary/aromatic N) is 2. The first kappa shape index (κ1) is 22.8. The second kappa shape index (κ2) is 12.1. The Morgan fingerprint density at radius 1 is 1.14 bits per heavy atom. The second-order valence-corrected chi connectivity index (χ2v) is 9.06. The van der Waals surface area contributed by atoms with Crippen LogP contribution in [0.25, 0.3) is 0 Å². The fourth-order valence-electron chi connectivity index (χ4n) is 5.09. The number of hydrogen-bond donors (Lipinski definition) is 1. The Morgan fingerprint density at radius 2 is 1.93 bits per heavy atom. The van der Waals surface area contributed by atoms with Gasteiger partial charge in [-0.25, -0.2) is 0 Å². The fraction of sp³-hybridized carbons (Fsp3) is 0.957. The molecule has 29 heavy (non-hydrogen) atoms. The first-order chi connectivity index (χ1) is 14.2. The molecule has 1 unspecified atom stereocenters. The zero-order chi connectivity index (χ0) is 20.4. The lowest BCUT2D eigenvalue weighted by molar-refractivity contribution is -0.0721. The Bertz CT molecular complexity index is 480. The molecule has 3 fully saturated rings. The number of aliphatic imine (C=N–C) groups is 1. The van der Waals surface area contributed by atoms with Crippen LogP contribution < -0.4 is 5.32 Å². The van der Waals surface area contributed by atoms with E-state index in [4.69, 9.17) is 14.2 Å². The number of nitrogens with one attached hydrogen (secondary N) is 1. The molecule has 1 saturated carbocycles. The van der Waals surface area contributed by atoms with Crippen molar-refractivity contribution in [2.24, 2.45) is 10.4 Å². The van der Waals surface area contributed by atoms with Gasteiger partial charge >= 0.3 is 0 Å². The predicted octanol–water partition coefficient (Wildman–Crippen LogP) is 3.60. The summed E-state index contributed by atoms with van der Waals surface area (Å²) in [5.74, 6) is 1.06. The average molecular weight is 410 g/mol. The van der Waals surface area contributed by atoms with Crippen LogP contribution in [0.2, 0.25) is 0 Å². The standard InChI is InChI=1S/C23H43N3O3/c1-3-27-17-13-23(11-5-6-12-23)19-25-22(24-2)26-14-9-20(10-15-26)29-18-21-8-4-7-16-28-21/h20-21H,3-19H2,1-2H3,(H,24,25). The number of ether oxygens (including phenoxy) is 3. The van der Waals surface area contributed by atoms with E-state index in [-0.39, 0.29) is 0 Å². The molecule has 3 rings (SSSR count). The van der Waals surface area contributed by atoms with Gasteiger partial charge < -0.3 is 24.4 Å². The van der Waals surface area contributed by atoms with Gasteiger partial charge in [-0.1, -0.05) is 12.8 Å². The van der Waals surface area contributed by atoms with Gasteiger partial charge in [0.2, 0.25) is 0 Å². The number of piperidine rings is 1. The summed E-state index contributed by atoms with van der Waals surface area (Å²) < 4.78 is 17.6. The van der Waals surface area contributed by atoms with E-state index in [0.29, 0.717) is 17.6 Å². The van der Waals surface area contributed by atoms with Crippen molar-refractivity contribution < 1.29 is 14.2 Å². The van der Waals surface area contributed by atoms with Crippen LogP contribution in [0.1, 0.15) is 71.1 Å². The Hall–Kier alpha value is -0.850. The third kappa shape index (κ3) is 7.11. The van der Waals surface area contributed by atoms with Crippen LogP contribution in [0.5, 0.6) is 0 Å². The quantitative estimate of drug-likeness (QED) is 0.358. The van der Waals surface area contributed by atoms with Crippen molar-refractivity contribution in [3.8, 4) is 0 Å². The van der Waals surface area contributed by atoms with Crippen LogP contribution in [0, 0.1) is 5.41 Å². The van der Waals surface area contributed by atoms with E-state index in [1.807, 2.05) is 7.05 Å². The lowest BCUT2D eigenvalue weighted by Crippen LogP contribution is -2.49. The highest BCUT2D eigenvalue weighted by Gasteiger charge is 2.34. The van der Waals surface area contributed by atoms with Gasteiger partial charge in [-0.3, -0.25) is 4.99 Å². The molecule has 168 valence electrons. The maximum absolute atomic E-state index is 6.17. The van der Waals surface area contributed by atoms with Gasteiger partial charge in [0, 0.05) is 46.5 Å². The molecule has 2 saturated heterocycles. The molecule has 0 aromatic rings. The van der Waals surface area contributed by atoms with Crippen LogP contribution in [0.4, 0.5) is 0 Å². The first-order valence-electron chi connectivity index (χ1n) is 12.0. The maximum Gasteiger partial charge on any atom is 0.193 e. The minimum absolute atomic E-state index is 0.315. The van der Waals surface area contributed by atoms with Crippen molar-refractivity contribution in [2.45, 2.75) is 83.3 Å². The fourth-order valence-corrected chi connectivity index (χ4v) is 5.09. The molecule has 0 radical (unpaired) electrons. The zero-order valence-corrected chi connectivity index (χ0v) is 18.8. The van der Waals surface area contributed by atoms with E-state index in [2.05, 4.69) is 22.1 Å². The number of guanidine groups is 1. The molecule has 2 aliphatic heterocycles. The molecule has 1 aliphatic carbocycles. The molecule has 6 heteroatoms. The molecule has 0 aromatic carbocycles. The molecule has 0 aromatic heterocycles. The molecular formula is C23H43N3O3. The van der Waals surface area contributed by atoms with Crippen LogP contribution in [0.15, 0.2) is 4.99 Å². The lowest BCUT2D eigenvalue weighted by Gasteiger charge is -2.37. The lowest BCUT2D eigenvalue weighted by atomic mass is 9.83. The highest BCUT2D eigenvalue weighted by molar-refractivity contribution is 5.80. The molecule has 0 bridgehead atoms. The van der Waals surface area contributed by atoms with E-state index < -0.39 is 0 Å². The minimum Gasteiger partial charge on any atom is -0.382 e. The summed E-state index contributed by atoms with van der Waals surface area (Å²) in [7, 11) is 1.91. The van der Waals surface area contributed by atoms with Crippen molar-refractivity contribution in [3.05, 3.63) is 0 Å². The molecule has 1 N–H and O–H groups in total. The van der Waals surface area contributed by atoms with Crippen LogP contribution in [0.3, 0.4) is 0 Å². The topological polar surface area (TPSA) is 55.3 Å². The van der Waals surface area contributed by atoms with Crippen LogP contribution in [-0.2, 0) is 14.2 Å². The largest absolute Gasteiger partial charge is 0.382 e. The van der Waals surface area contributed by atoms with Gasteiger partial charge in [-0.2, -0.15) is 0 Å². The zero-order valence-electron chi connectivity index (χ0n) is 18.8. The van der Waals surface area contributed by atoms with Gasteiger partial charge in [0.15, 0.2) is 5.96 Å². The summed E-state index contributed by atoms with van der Waals surface area (Å²) >= 11 is 0. The van der Waals surface area contributed by atoms with E-state index in [9.17, 15) is 0 Å². The second-order valence-electron chi connectivity index (χ2n) is 9.06. The highest BCUT2D eigenvalue weighted by atomic mass is 16.5. The smallest absolute Gasteiger partial charge is 0.193 e. The van der Waals surface area contributed by atoms with Crippen molar-refractivity contribution in [1.29, 1.82) is 0 Å². The molecule has 3 aliphatic rings. The molecular weight excluding hydrogens is 366 g/mol. The molecule has 0 amide bonds. The van der Waals surface area contributed by atoms with E-state index in [1.165, 1.54) is 38.5 Å². The highest BCUT2D eigenvalue weighted by Crippen LogP contribution is 2.40. The van der Waals surface area contributed by atoms with Gasteiger partial charge in [-0.05, 0) is 63.7 Å². The Labute approximate surface area is 177 Å². The van der Waals surface area contributed by atoms with Gasteiger partial charge in [-0.15, -0.1) is 0 Å². The molecule has 2 heterocycles. The summed E-state index contributed by atoms with van der Waals surface area (Å²) in [4.78, 5) is 6.99. The Kier molecular flexibility index (Phi) is 9.53. The average Bonchev–Trinajstić information content (AvgIpc) is 3.23. The maximum atomic E-state index is 6.17. The summed E-state index contributed by atoms with van der Waals surface area (Å²) in [6.07, 6.45) is 12.9. The Morgan fingerprint density at radius 3 is 2.59 bits per heavy atom. The van der Waals surface area contributed by atoms with Crippen LogP contribution >= 0.6 is 0 Å². The SMILES string of the molecule is CCOCCC1(CNC(=NC)N2CCC(OCC3CCCCO3)CC2)CCCC1. The van der Waals surface area contributed by atoms with Gasteiger partial charge in [0.25, 0.3) is 0 Å². The monoisotopic (exact) mass is 409 g/mol. The van der Waals surface area contributed by atoms with E-state index in [0.717, 1.165) is 77.7 Å².